The monoisotopic (exact) mass is 1080 g/mol. The third-order valence-corrected chi connectivity index (χ3v) is 13.4. The molecule has 8 aromatic rings. The fraction of sp³-hybridized carbons (Fsp3) is 0.320. The summed E-state index contributed by atoms with van der Waals surface area (Å²) in [5, 5.41) is 20.4. The first kappa shape index (κ1) is 52.8. The third-order valence-electron chi connectivity index (χ3n) is 13.1. The van der Waals surface area contributed by atoms with Crippen LogP contribution >= 0.6 is 11.6 Å². The van der Waals surface area contributed by atoms with E-state index in [-0.39, 0.29) is 82.7 Å². The number of aromatic nitrogens is 10. The number of amides is 2. The Bertz CT molecular complexity index is 3570. The van der Waals surface area contributed by atoms with E-state index in [0.717, 1.165) is 40.7 Å². The molecule has 6 heterocycles. The standard InChI is InChI=1S/C25H21ClF4N6O2.C25H22F4N6O3/c1-13-16(12-36(2)34-13)8-20-31-11-17(23(26)33-20)14-3-4-15(18(27)7-14)9-22(37)32-21-10-19(38-35-21)24(5-6-24)25(28,29)30;1-13-16(12-35(2)33-13)8-20-30-11-17(23(37)32-20)14-3-4-15(18(26)7-14)9-22(36)31-21-10-19(38-34-21)24(5-6-24)25(27,28)29/h3-4,7,10-12H,5-6,8-9H2,1-2H3,(H,32,35,37);3-4,7,10-12H,5-6,8-9H2,1-2H3,(H,30,32,37)(H,31,34,36). The molecule has 2 fully saturated rings. The van der Waals surface area contributed by atoms with Crippen LogP contribution in [0.3, 0.4) is 0 Å². The van der Waals surface area contributed by atoms with Crippen LogP contribution in [-0.2, 0) is 60.2 Å². The molecule has 26 heteroatoms. The van der Waals surface area contributed by atoms with E-state index in [0.29, 0.717) is 35.6 Å². The van der Waals surface area contributed by atoms with E-state index in [2.05, 4.69) is 51.1 Å². The van der Waals surface area contributed by atoms with Crippen molar-refractivity contribution < 1.29 is 53.8 Å². The van der Waals surface area contributed by atoms with Gasteiger partial charge in [-0.1, -0.05) is 46.2 Å². The molecule has 2 aliphatic carbocycles. The van der Waals surface area contributed by atoms with Crippen LogP contribution in [0.15, 0.2) is 87.2 Å². The zero-order valence-corrected chi connectivity index (χ0v) is 41.3. The first-order chi connectivity index (χ1) is 35.9. The van der Waals surface area contributed by atoms with Crippen LogP contribution in [0.5, 0.6) is 0 Å². The normalized spacial score (nSPS) is 14.5. The molecule has 2 saturated carbocycles. The van der Waals surface area contributed by atoms with E-state index < -0.39 is 58.6 Å². The van der Waals surface area contributed by atoms with Crippen LogP contribution in [-0.4, -0.2) is 74.0 Å². The molecule has 2 aromatic carbocycles. The van der Waals surface area contributed by atoms with Gasteiger partial charge in [-0.2, -0.15) is 36.5 Å². The van der Waals surface area contributed by atoms with Gasteiger partial charge in [0.25, 0.3) is 5.56 Å². The van der Waals surface area contributed by atoms with Crippen molar-refractivity contribution in [1.82, 2.24) is 49.8 Å². The molecule has 0 bridgehead atoms. The summed E-state index contributed by atoms with van der Waals surface area (Å²) in [4.78, 5) is 53.1. The van der Waals surface area contributed by atoms with Gasteiger partial charge in [-0.3, -0.25) is 23.7 Å². The molecule has 6 aromatic heterocycles. The summed E-state index contributed by atoms with van der Waals surface area (Å²) in [5.74, 6) is -2.90. The second kappa shape index (κ2) is 20.2. The summed E-state index contributed by atoms with van der Waals surface area (Å²) in [6.45, 7) is 3.74. The molecule has 17 nitrogen and oxygen atoms in total. The highest BCUT2D eigenvalue weighted by Crippen LogP contribution is 2.60. The number of alkyl halides is 6. The minimum absolute atomic E-state index is 0.0250. The molecule has 396 valence electrons. The lowest BCUT2D eigenvalue weighted by Crippen LogP contribution is -2.28. The molecule has 0 atom stereocenters. The molecule has 76 heavy (non-hydrogen) atoms. The molecule has 0 saturated heterocycles. The van der Waals surface area contributed by atoms with Crippen LogP contribution in [0, 0.1) is 25.5 Å². The maximum absolute atomic E-state index is 14.8. The van der Waals surface area contributed by atoms with Gasteiger partial charge in [-0.25, -0.2) is 23.7 Å². The summed E-state index contributed by atoms with van der Waals surface area (Å²) < 4.78 is 122. The first-order valence-corrected chi connectivity index (χ1v) is 23.6. The van der Waals surface area contributed by atoms with E-state index in [4.69, 9.17) is 20.6 Å². The minimum Gasteiger partial charge on any atom is -0.358 e. The van der Waals surface area contributed by atoms with Crippen LogP contribution in [0.1, 0.15) is 82.5 Å². The van der Waals surface area contributed by atoms with Crippen LogP contribution in [0.4, 0.5) is 46.8 Å². The van der Waals surface area contributed by atoms with Crippen molar-refractivity contribution in [3.8, 4) is 22.3 Å². The number of carbonyl (C=O) groups excluding carboxylic acids is 2. The predicted octanol–water partition coefficient (Wildman–Crippen LogP) is 9.30. The summed E-state index contributed by atoms with van der Waals surface area (Å²) >= 11 is 6.36. The smallest absolute Gasteiger partial charge is 0.358 e. The minimum atomic E-state index is -4.48. The van der Waals surface area contributed by atoms with E-state index in [1.165, 1.54) is 36.7 Å². The zero-order chi connectivity index (χ0) is 54.5. The average Bonchev–Trinajstić information content (AvgIpc) is 4.18. The SMILES string of the molecule is Cc1nn(C)cc1Cc1ncc(-c2ccc(CC(=O)Nc3cc(C4(C(F)(F)F)CC4)on3)c(F)c2)c(=O)[nH]1.Cc1nn(C)cc1Cc1ncc(-c2ccc(CC(=O)Nc3cc(C4(C(F)(F)F)CC4)on3)c(F)c2)c(Cl)n1. The van der Waals surface area contributed by atoms with E-state index in [1.54, 1.807) is 22.5 Å². The van der Waals surface area contributed by atoms with Gasteiger partial charge in [0.15, 0.2) is 23.2 Å². The number of anilines is 2. The second-order valence-electron chi connectivity index (χ2n) is 18.6. The zero-order valence-electron chi connectivity index (χ0n) is 40.6. The number of H-pyrrole nitrogens is 1. The van der Waals surface area contributed by atoms with Crippen molar-refractivity contribution in [2.24, 2.45) is 14.1 Å². The number of halogens is 9. The van der Waals surface area contributed by atoms with Gasteiger partial charge in [0, 0.05) is 80.5 Å². The Morgan fingerprint density at radius 3 is 1.55 bits per heavy atom. The molecule has 2 amide bonds. The van der Waals surface area contributed by atoms with Crippen molar-refractivity contribution in [2.45, 2.75) is 88.4 Å². The Morgan fingerprint density at radius 1 is 0.684 bits per heavy atom. The van der Waals surface area contributed by atoms with Crippen molar-refractivity contribution >= 4 is 35.1 Å². The van der Waals surface area contributed by atoms with Crippen LogP contribution in [0.2, 0.25) is 5.15 Å². The Labute approximate surface area is 430 Å². The van der Waals surface area contributed by atoms with E-state index in [1.807, 2.05) is 33.3 Å². The topological polar surface area (TPSA) is 217 Å². The number of carbonyl (C=O) groups is 2. The highest BCUT2D eigenvalue weighted by Gasteiger charge is 2.67. The van der Waals surface area contributed by atoms with Crippen LogP contribution < -0.4 is 16.2 Å². The predicted molar refractivity (Wildman–Crippen MR) is 256 cm³/mol. The second-order valence-corrected chi connectivity index (χ2v) is 19.0. The number of aromatic amines is 1. The van der Waals surface area contributed by atoms with Gasteiger partial charge in [0.05, 0.1) is 29.8 Å². The van der Waals surface area contributed by atoms with Gasteiger partial charge >= 0.3 is 12.4 Å². The lowest BCUT2D eigenvalue weighted by atomic mass is 10.0. The Morgan fingerprint density at radius 2 is 1.14 bits per heavy atom. The third kappa shape index (κ3) is 11.1. The van der Waals surface area contributed by atoms with Gasteiger partial charge in [0.2, 0.25) is 11.8 Å². The largest absolute Gasteiger partial charge is 0.401 e. The molecule has 3 N–H and O–H groups in total. The van der Waals surface area contributed by atoms with E-state index in [9.17, 15) is 49.5 Å². The molecule has 0 unspecified atom stereocenters. The van der Waals surface area contributed by atoms with E-state index >= 15 is 0 Å². The van der Waals surface area contributed by atoms with Gasteiger partial charge in [-0.05, 0) is 73.9 Å². The van der Waals surface area contributed by atoms with Crippen molar-refractivity contribution in [3.63, 3.8) is 0 Å². The Balaban J connectivity index is 0.000000186. The number of rotatable bonds is 14. The molecule has 0 aliphatic heterocycles. The molecule has 0 radical (unpaired) electrons. The molecule has 10 rings (SSSR count). The van der Waals surface area contributed by atoms with Crippen molar-refractivity contribution in [1.29, 1.82) is 0 Å². The molecular weight excluding hydrogens is 1040 g/mol. The lowest BCUT2D eigenvalue weighted by molar-refractivity contribution is -0.166. The number of hydrogen-bond acceptors (Lipinski definition) is 12. The summed E-state index contributed by atoms with van der Waals surface area (Å²) in [6, 6.07) is 10.3. The summed E-state index contributed by atoms with van der Waals surface area (Å²) in [6.07, 6.45) is -2.75. The molecule has 2 aliphatic rings. The summed E-state index contributed by atoms with van der Waals surface area (Å²) in [7, 11) is 3.62. The van der Waals surface area contributed by atoms with Gasteiger partial charge in [0.1, 0.15) is 39.3 Å². The number of hydrogen-bond donors (Lipinski definition) is 3. The fourth-order valence-corrected chi connectivity index (χ4v) is 8.80. The number of aryl methyl sites for hydroxylation is 4. The van der Waals surface area contributed by atoms with Crippen LogP contribution in [0.25, 0.3) is 22.3 Å². The maximum Gasteiger partial charge on any atom is 0.401 e. The van der Waals surface area contributed by atoms with Crippen molar-refractivity contribution in [2.75, 3.05) is 10.6 Å². The average molecular weight is 1080 g/mol. The Hall–Kier alpha value is -8.09. The number of nitrogens with zero attached hydrogens (tertiary/aromatic N) is 9. The summed E-state index contributed by atoms with van der Waals surface area (Å²) in [5.41, 5.74) is 0.342. The lowest BCUT2D eigenvalue weighted by Gasteiger charge is -2.14. The number of benzene rings is 2. The molecular formula is C50H43ClF8N12O5. The highest BCUT2D eigenvalue weighted by molar-refractivity contribution is 6.32. The van der Waals surface area contributed by atoms with Gasteiger partial charge < -0.3 is 24.7 Å². The maximum atomic E-state index is 14.8. The highest BCUT2D eigenvalue weighted by atomic mass is 35.5. The number of nitrogens with one attached hydrogen (secondary N) is 3. The first-order valence-electron chi connectivity index (χ1n) is 23.2. The van der Waals surface area contributed by atoms with Crippen molar-refractivity contribution in [3.05, 3.63) is 157 Å². The Kier molecular flexibility index (Phi) is 14.0. The quantitative estimate of drug-likeness (QED) is 0.0686. The fourth-order valence-electron chi connectivity index (χ4n) is 8.54. The molecule has 0 spiro atoms. The van der Waals surface area contributed by atoms with Gasteiger partial charge in [-0.15, -0.1) is 0 Å².